The summed E-state index contributed by atoms with van der Waals surface area (Å²) in [6.45, 7) is 2.43. The van der Waals surface area contributed by atoms with Gasteiger partial charge in [-0.05, 0) is 38.2 Å². The van der Waals surface area contributed by atoms with Crippen LogP contribution in [0.4, 0.5) is 0 Å². The average molecular weight is 266 g/mol. The largest absolute Gasteiger partial charge is 0.497 e. The minimum absolute atomic E-state index is 0.0803. The molecule has 0 spiro atoms. The van der Waals surface area contributed by atoms with Crippen LogP contribution in [0.15, 0.2) is 24.3 Å². The van der Waals surface area contributed by atoms with Gasteiger partial charge in [0.1, 0.15) is 5.75 Å². The molecule has 0 amide bonds. The van der Waals surface area contributed by atoms with Gasteiger partial charge in [-0.15, -0.1) is 0 Å². The number of benzene rings is 1. The van der Waals surface area contributed by atoms with Crippen LogP contribution in [-0.2, 0) is 0 Å². The summed E-state index contributed by atoms with van der Waals surface area (Å²) in [5.74, 6) is 0.687. The van der Waals surface area contributed by atoms with Crippen LogP contribution in [0.3, 0.4) is 0 Å². The minimum atomic E-state index is -0.589. The van der Waals surface area contributed by atoms with E-state index in [1.807, 2.05) is 50.2 Å². The summed E-state index contributed by atoms with van der Waals surface area (Å²) in [7, 11) is 5.33. The van der Waals surface area contributed by atoms with Crippen LogP contribution in [0.5, 0.6) is 5.75 Å². The van der Waals surface area contributed by atoms with Gasteiger partial charge < -0.3 is 9.64 Å². The zero-order valence-corrected chi connectivity index (χ0v) is 12.0. The molecule has 0 saturated carbocycles. The van der Waals surface area contributed by atoms with Crippen molar-refractivity contribution in [2.75, 3.05) is 27.7 Å². The van der Waals surface area contributed by atoms with Crippen molar-refractivity contribution in [2.24, 2.45) is 0 Å². The Morgan fingerprint density at radius 3 is 2.26 bits per heavy atom. The minimum Gasteiger partial charge on any atom is -0.497 e. The van der Waals surface area contributed by atoms with E-state index in [2.05, 4.69) is 0 Å². The number of ether oxygens (including phenoxy) is 1. The van der Waals surface area contributed by atoms with Crippen LogP contribution in [0.1, 0.15) is 24.8 Å². The van der Waals surface area contributed by atoms with Crippen LogP contribution in [-0.4, -0.2) is 43.6 Å². The molecule has 1 unspecified atom stereocenters. The molecule has 0 aliphatic carbocycles. The Kier molecular flexibility index (Phi) is 5.76. The molecule has 0 fully saturated rings. The van der Waals surface area contributed by atoms with Gasteiger partial charge in [0.2, 0.25) is 6.04 Å². The summed E-state index contributed by atoms with van der Waals surface area (Å²) in [4.78, 5) is 13.0. The molecule has 1 aromatic rings. The highest BCUT2D eigenvalue weighted by Gasteiger charge is 2.31. The molecule has 0 saturated heterocycles. The van der Waals surface area contributed by atoms with E-state index in [4.69, 9.17) is 4.74 Å². The van der Waals surface area contributed by atoms with Crippen molar-refractivity contribution in [3.8, 4) is 5.75 Å². The summed E-state index contributed by atoms with van der Waals surface area (Å²) in [5.41, 5.74) is 0.992. The zero-order chi connectivity index (χ0) is 14.4. The van der Waals surface area contributed by atoms with E-state index in [0.717, 1.165) is 17.7 Å². The summed E-state index contributed by atoms with van der Waals surface area (Å²) in [6.07, 6.45) is 0.742. The third-order valence-electron chi connectivity index (χ3n) is 3.27. The Labute approximate surface area is 114 Å². The van der Waals surface area contributed by atoms with Crippen molar-refractivity contribution in [2.45, 2.75) is 25.3 Å². The van der Waals surface area contributed by atoms with Gasteiger partial charge in [0.15, 0.2) is 0 Å². The fourth-order valence-electron chi connectivity index (χ4n) is 2.30. The number of rotatable bonds is 7. The Hall–Kier alpha value is -1.62. The van der Waals surface area contributed by atoms with Crippen molar-refractivity contribution >= 4 is 0 Å². The first-order valence-corrected chi connectivity index (χ1v) is 6.41. The van der Waals surface area contributed by atoms with E-state index in [1.165, 1.54) is 0 Å². The molecule has 0 heterocycles. The lowest BCUT2D eigenvalue weighted by molar-refractivity contribution is -0.527. The first-order chi connectivity index (χ1) is 8.99. The maximum atomic E-state index is 11.3. The lowest BCUT2D eigenvalue weighted by Crippen LogP contribution is -2.37. The maximum absolute atomic E-state index is 11.3. The molecule has 0 radical (unpaired) electrons. The van der Waals surface area contributed by atoms with Gasteiger partial charge in [0.05, 0.1) is 19.6 Å². The van der Waals surface area contributed by atoms with E-state index in [1.54, 1.807) is 7.11 Å². The smallest absolute Gasteiger partial charge is 0.232 e. The standard InChI is InChI=1S/C14H22N2O3/c1-5-13(14(16(17)18)10-15(2)3)11-6-8-12(19-4)9-7-11/h6-9,13-14H,5,10H2,1-4H3/t13?,14-/m0/s1. The van der Waals surface area contributed by atoms with Gasteiger partial charge in [0, 0.05) is 4.92 Å². The molecule has 5 nitrogen and oxygen atoms in total. The molecular weight excluding hydrogens is 244 g/mol. The number of hydrogen-bond donors (Lipinski definition) is 0. The first-order valence-electron chi connectivity index (χ1n) is 6.41. The number of methoxy groups -OCH3 is 1. The van der Waals surface area contributed by atoms with Crippen molar-refractivity contribution in [1.82, 2.24) is 4.90 Å². The van der Waals surface area contributed by atoms with Crippen LogP contribution >= 0.6 is 0 Å². The Morgan fingerprint density at radius 2 is 1.89 bits per heavy atom. The molecule has 0 aliphatic rings. The van der Waals surface area contributed by atoms with Crippen LogP contribution in [0.2, 0.25) is 0 Å². The second kappa shape index (κ2) is 7.09. The van der Waals surface area contributed by atoms with E-state index < -0.39 is 6.04 Å². The van der Waals surface area contributed by atoms with E-state index >= 15 is 0 Å². The average Bonchev–Trinajstić information content (AvgIpc) is 2.38. The number of nitrogens with zero attached hydrogens (tertiary/aromatic N) is 2. The van der Waals surface area contributed by atoms with E-state index in [-0.39, 0.29) is 10.8 Å². The second-order valence-electron chi connectivity index (χ2n) is 4.90. The fourth-order valence-corrected chi connectivity index (χ4v) is 2.30. The fraction of sp³-hybridized carbons (Fsp3) is 0.571. The summed E-state index contributed by atoms with van der Waals surface area (Å²) in [6, 6.07) is 6.95. The normalized spacial score (nSPS) is 14.2. The summed E-state index contributed by atoms with van der Waals surface area (Å²) in [5, 5.41) is 11.3. The third-order valence-corrected chi connectivity index (χ3v) is 3.27. The molecule has 1 aromatic carbocycles. The Balaban J connectivity index is 2.97. The summed E-state index contributed by atoms with van der Waals surface area (Å²) >= 11 is 0. The molecule has 0 bridgehead atoms. The number of hydrogen-bond acceptors (Lipinski definition) is 4. The predicted molar refractivity (Wildman–Crippen MR) is 75.4 cm³/mol. The van der Waals surface area contributed by atoms with Crippen molar-refractivity contribution < 1.29 is 9.66 Å². The SMILES string of the molecule is CCC(c1ccc(OC)cc1)[C@H](CN(C)C)[N+](=O)[O-]. The highest BCUT2D eigenvalue weighted by Crippen LogP contribution is 2.27. The van der Waals surface area contributed by atoms with Gasteiger partial charge in [-0.1, -0.05) is 19.1 Å². The highest BCUT2D eigenvalue weighted by molar-refractivity contribution is 5.30. The van der Waals surface area contributed by atoms with Crippen LogP contribution in [0.25, 0.3) is 0 Å². The van der Waals surface area contributed by atoms with Crippen molar-refractivity contribution in [3.05, 3.63) is 39.9 Å². The van der Waals surface area contributed by atoms with Crippen molar-refractivity contribution in [3.63, 3.8) is 0 Å². The molecule has 0 N–H and O–H groups in total. The lowest BCUT2D eigenvalue weighted by atomic mass is 9.89. The molecule has 5 heteroatoms. The molecule has 19 heavy (non-hydrogen) atoms. The van der Waals surface area contributed by atoms with Gasteiger partial charge in [-0.25, -0.2) is 0 Å². The van der Waals surface area contributed by atoms with Gasteiger partial charge in [0.25, 0.3) is 0 Å². The third kappa shape index (κ3) is 4.21. The number of nitro groups is 1. The van der Waals surface area contributed by atoms with Gasteiger partial charge in [-0.3, -0.25) is 10.1 Å². The van der Waals surface area contributed by atoms with Crippen LogP contribution in [0, 0.1) is 10.1 Å². The first kappa shape index (κ1) is 15.4. The summed E-state index contributed by atoms with van der Waals surface area (Å²) < 4.78 is 5.11. The quantitative estimate of drug-likeness (QED) is 0.561. The highest BCUT2D eigenvalue weighted by atomic mass is 16.6. The Bertz CT molecular complexity index is 404. The second-order valence-corrected chi connectivity index (χ2v) is 4.90. The molecule has 2 atom stereocenters. The lowest BCUT2D eigenvalue weighted by Gasteiger charge is -2.22. The molecular formula is C14H22N2O3. The molecule has 106 valence electrons. The van der Waals surface area contributed by atoms with E-state index in [0.29, 0.717) is 6.54 Å². The van der Waals surface area contributed by atoms with Crippen molar-refractivity contribution in [1.29, 1.82) is 0 Å². The Morgan fingerprint density at radius 1 is 1.32 bits per heavy atom. The van der Waals surface area contributed by atoms with Gasteiger partial charge >= 0.3 is 0 Å². The maximum Gasteiger partial charge on any atom is 0.232 e. The molecule has 0 aliphatic heterocycles. The molecule has 0 aromatic heterocycles. The molecule has 1 rings (SSSR count). The number of likely N-dealkylation sites (N-methyl/N-ethyl adjacent to an activating group) is 1. The van der Waals surface area contributed by atoms with Gasteiger partial charge in [-0.2, -0.15) is 0 Å². The van der Waals surface area contributed by atoms with Crippen LogP contribution < -0.4 is 4.74 Å². The predicted octanol–water partition coefficient (Wildman–Crippen LogP) is 2.40. The van der Waals surface area contributed by atoms with E-state index in [9.17, 15) is 10.1 Å². The topological polar surface area (TPSA) is 55.6 Å². The monoisotopic (exact) mass is 266 g/mol. The zero-order valence-electron chi connectivity index (χ0n) is 12.0.